The Bertz CT molecular complexity index is 391. The van der Waals surface area contributed by atoms with Crippen LogP contribution in [-0.2, 0) is 10.3 Å². The summed E-state index contributed by atoms with van der Waals surface area (Å²) in [5.41, 5.74) is 5.04. The minimum absolute atomic E-state index is 0.125. The molecule has 1 aromatic rings. The zero-order valence-corrected chi connectivity index (χ0v) is 8.22. The average molecular weight is 215 g/mol. The fraction of sp³-hybridized carbons (Fsp3) is 0.400. The molecule has 15 heavy (non-hydrogen) atoms. The first kappa shape index (κ1) is 10.3. The van der Waals surface area contributed by atoms with Crippen LogP contribution in [-0.4, -0.2) is 20.3 Å². The molecule has 0 unspecified atom stereocenters. The van der Waals surface area contributed by atoms with Crippen LogP contribution in [0.2, 0.25) is 0 Å². The first-order valence-corrected chi connectivity index (χ1v) is 4.47. The predicted molar refractivity (Wildman–Crippen MR) is 49.6 cm³/mol. The topological polar surface area (TPSA) is 44.5 Å². The lowest BCUT2D eigenvalue weighted by molar-refractivity contribution is -0.0586. The summed E-state index contributed by atoms with van der Waals surface area (Å²) >= 11 is 0. The van der Waals surface area contributed by atoms with Crippen molar-refractivity contribution in [3.05, 3.63) is 29.3 Å². The van der Waals surface area contributed by atoms with Crippen molar-refractivity contribution in [2.75, 3.05) is 20.3 Å². The van der Waals surface area contributed by atoms with E-state index in [-0.39, 0.29) is 24.5 Å². The number of ether oxygens (including phenoxy) is 2. The molecule has 0 spiro atoms. The fourth-order valence-electron chi connectivity index (χ4n) is 1.54. The van der Waals surface area contributed by atoms with Gasteiger partial charge in [-0.2, -0.15) is 0 Å². The van der Waals surface area contributed by atoms with Crippen LogP contribution in [0.3, 0.4) is 0 Å². The molecular weight excluding hydrogens is 204 g/mol. The Balaban J connectivity index is 2.45. The molecule has 1 aliphatic heterocycles. The van der Waals surface area contributed by atoms with E-state index in [4.69, 9.17) is 10.5 Å². The smallest absolute Gasteiger partial charge is 0.165 e. The molecule has 3 nitrogen and oxygen atoms in total. The first-order chi connectivity index (χ1) is 7.07. The molecule has 0 saturated carbocycles. The Morgan fingerprint density at radius 1 is 1.33 bits per heavy atom. The van der Waals surface area contributed by atoms with E-state index in [9.17, 15) is 8.78 Å². The largest absolute Gasteiger partial charge is 0.494 e. The molecule has 2 rings (SSSR count). The molecule has 1 aromatic carbocycles. The van der Waals surface area contributed by atoms with Crippen LogP contribution in [0, 0.1) is 11.6 Å². The van der Waals surface area contributed by atoms with Crippen molar-refractivity contribution in [3.8, 4) is 5.75 Å². The van der Waals surface area contributed by atoms with Gasteiger partial charge in [-0.05, 0) is 6.07 Å². The Labute approximate surface area is 85.8 Å². The van der Waals surface area contributed by atoms with E-state index < -0.39 is 17.2 Å². The predicted octanol–water partition coefficient (Wildman–Crippen LogP) is 1.16. The summed E-state index contributed by atoms with van der Waals surface area (Å²) in [5, 5.41) is 0. The van der Waals surface area contributed by atoms with Crippen molar-refractivity contribution in [2.24, 2.45) is 5.73 Å². The second kappa shape index (κ2) is 3.43. The minimum atomic E-state index is -0.906. The van der Waals surface area contributed by atoms with Gasteiger partial charge in [0.2, 0.25) is 0 Å². The van der Waals surface area contributed by atoms with Gasteiger partial charge in [0.05, 0.1) is 25.9 Å². The van der Waals surface area contributed by atoms with Gasteiger partial charge in [0.15, 0.2) is 11.6 Å². The van der Waals surface area contributed by atoms with Crippen molar-refractivity contribution in [1.82, 2.24) is 0 Å². The maximum Gasteiger partial charge on any atom is 0.165 e. The first-order valence-electron chi connectivity index (χ1n) is 4.47. The summed E-state index contributed by atoms with van der Waals surface area (Å²) in [6, 6.07) is 2.06. The summed E-state index contributed by atoms with van der Waals surface area (Å²) in [7, 11) is 1.28. The molecule has 0 aliphatic carbocycles. The standard InChI is InChI=1S/C10H11F2NO2/c1-14-9-3-7(11)6(2-8(9)12)10(13)4-15-5-10/h2-3H,4-5,13H2,1H3. The van der Waals surface area contributed by atoms with Crippen molar-refractivity contribution in [3.63, 3.8) is 0 Å². The van der Waals surface area contributed by atoms with Crippen LogP contribution in [0.15, 0.2) is 12.1 Å². The highest BCUT2D eigenvalue weighted by molar-refractivity contribution is 5.36. The van der Waals surface area contributed by atoms with Gasteiger partial charge in [0.1, 0.15) is 5.82 Å². The molecule has 0 amide bonds. The quantitative estimate of drug-likeness (QED) is 0.805. The van der Waals surface area contributed by atoms with Gasteiger partial charge in [0.25, 0.3) is 0 Å². The summed E-state index contributed by atoms with van der Waals surface area (Å²) < 4.78 is 36.4. The Hall–Kier alpha value is -1.20. The zero-order chi connectivity index (χ0) is 11.1. The summed E-state index contributed by atoms with van der Waals surface area (Å²) in [4.78, 5) is 0. The van der Waals surface area contributed by atoms with Crippen LogP contribution >= 0.6 is 0 Å². The third-order valence-electron chi connectivity index (χ3n) is 2.50. The van der Waals surface area contributed by atoms with Gasteiger partial charge in [-0.25, -0.2) is 8.78 Å². The van der Waals surface area contributed by atoms with E-state index in [2.05, 4.69) is 4.74 Å². The van der Waals surface area contributed by atoms with Crippen molar-refractivity contribution in [2.45, 2.75) is 5.54 Å². The van der Waals surface area contributed by atoms with E-state index >= 15 is 0 Å². The van der Waals surface area contributed by atoms with E-state index in [0.29, 0.717) is 0 Å². The third-order valence-corrected chi connectivity index (χ3v) is 2.50. The van der Waals surface area contributed by atoms with Crippen molar-refractivity contribution in [1.29, 1.82) is 0 Å². The van der Waals surface area contributed by atoms with E-state index in [1.54, 1.807) is 0 Å². The molecule has 0 bridgehead atoms. The van der Waals surface area contributed by atoms with Gasteiger partial charge in [0, 0.05) is 11.6 Å². The van der Waals surface area contributed by atoms with Gasteiger partial charge in [-0.3, -0.25) is 0 Å². The van der Waals surface area contributed by atoms with Crippen molar-refractivity contribution < 1.29 is 18.3 Å². The van der Waals surface area contributed by atoms with Crippen molar-refractivity contribution >= 4 is 0 Å². The second-order valence-electron chi connectivity index (χ2n) is 3.62. The monoisotopic (exact) mass is 215 g/mol. The highest BCUT2D eigenvalue weighted by Crippen LogP contribution is 2.32. The highest BCUT2D eigenvalue weighted by atomic mass is 19.1. The van der Waals surface area contributed by atoms with Crippen LogP contribution in [0.1, 0.15) is 5.56 Å². The molecule has 2 N–H and O–H groups in total. The molecular formula is C10H11F2NO2. The van der Waals surface area contributed by atoms with E-state index in [0.717, 1.165) is 12.1 Å². The number of benzene rings is 1. The maximum absolute atomic E-state index is 13.6. The lowest BCUT2D eigenvalue weighted by atomic mass is 9.88. The second-order valence-corrected chi connectivity index (χ2v) is 3.62. The normalized spacial score (nSPS) is 18.4. The Kier molecular flexibility index (Phi) is 2.36. The average Bonchev–Trinajstić information content (AvgIpc) is 2.17. The third kappa shape index (κ3) is 1.57. The number of rotatable bonds is 2. The van der Waals surface area contributed by atoms with E-state index in [1.165, 1.54) is 7.11 Å². The molecule has 82 valence electrons. The number of methoxy groups -OCH3 is 1. The highest BCUT2D eigenvalue weighted by Gasteiger charge is 2.39. The molecule has 0 radical (unpaired) electrons. The number of hydrogen-bond donors (Lipinski definition) is 1. The minimum Gasteiger partial charge on any atom is -0.494 e. The van der Waals surface area contributed by atoms with Gasteiger partial charge < -0.3 is 15.2 Å². The Morgan fingerprint density at radius 2 is 2.00 bits per heavy atom. The van der Waals surface area contributed by atoms with Crippen LogP contribution in [0.5, 0.6) is 5.75 Å². The van der Waals surface area contributed by atoms with Crippen LogP contribution in [0.4, 0.5) is 8.78 Å². The Morgan fingerprint density at radius 3 is 2.47 bits per heavy atom. The lowest BCUT2D eigenvalue weighted by Gasteiger charge is -2.38. The van der Waals surface area contributed by atoms with Gasteiger partial charge in [-0.1, -0.05) is 0 Å². The molecule has 1 saturated heterocycles. The zero-order valence-electron chi connectivity index (χ0n) is 8.22. The number of nitrogens with two attached hydrogens (primary N) is 1. The number of hydrogen-bond acceptors (Lipinski definition) is 3. The molecule has 1 fully saturated rings. The summed E-state index contributed by atoms with van der Waals surface area (Å²) in [6.07, 6.45) is 0. The van der Waals surface area contributed by atoms with Crippen LogP contribution < -0.4 is 10.5 Å². The number of halogens is 2. The molecule has 5 heteroatoms. The van der Waals surface area contributed by atoms with Gasteiger partial charge in [-0.15, -0.1) is 0 Å². The van der Waals surface area contributed by atoms with Crippen LogP contribution in [0.25, 0.3) is 0 Å². The summed E-state index contributed by atoms with van der Waals surface area (Å²) in [5.74, 6) is -1.32. The molecule has 1 aliphatic rings. The van der Waals surface area contributed by atoms with Gasteiger partial charge >= 0.3 is 0 Å². The maximum atomic E-state index is 13.6. The fourth-order valence-corrected chi connectivity index (χ4v) is 1.54. The molecule has 0 atom stereocenters. The molecule has 0 aromatic heterocycles. The lowest BCUT2D eigenvalue weighted by Crippen LogP contribution is -2.54. The summed E-state index contributed by atoms with van der Waals surface area (Å²) in [6.45, 7) is 0.408. The molecule has 1 heterocycles. The SMILES string of the molecule is COc1cc(F)c(C2(N)COC2)cc1F. The van der Waals surface area contributed by atoms with E-state index in [1.807, 2.05) is 0 Å².